The third-order valence-corrected chi connectivity index (χ3v) is 5.63. The van der Waals surface area contributed by atoms with Gasteiger partial charge in [-0.1, -0.05) is 17.4 Å². The highest BCUT2D eigenvalue weighted by atomic mass is 79.9. The average Bonchev–Trinajstić information content (AvgIpc) is 3.04. The Morgan fingerprint density at radius 2 is 1.92 bits per heavy atom. The van der Waals surface area contributed by atoms with Gasteiger partial charge >= 0.3 is 0 Å². The van der Waals surface area contributed by atoms with Gasteiger partial charge in [0.15, 0.2) is 5.13 Å². The molecule has 0 atom stereocenters. The minimum atomic E-state index is -0.250. The first-order valence-corrected chi connectivity index (χ1v) is 9.44. The predicted octanol–water partition coefficient (Wildman–Crippen LogP) is 3.56. The molecule has 8 heteroatoms. The number of anilines is 1. The van der Waals surface area contributed by atoms with E-state index in [9.17, 15) is 9.18 Å². The van der Waals surface area contributed by atoms with Gasteiger partial charge in [0.25, 0.3) is 5.91 Å². The minimum absolute atomic E-state index is 0.0627. The van der Waals surface area contributed by atoms with E-state index >= 15 is 0 Å². The van der Waals surface area contributed by atoms with Crippen molar-refractivity contribution in [3.05, 3.63) is 52.5 Å². The third-order valence-electron chi connectivity index (χ3n) is 4.11. The molecule has 0 aliphatic carbocycles. The summed E-state index contributed by atoms with van der Waals surface area (Å²) in [5.41, 5.74) is 1.25. The van der Waals surface area contributed by atoms with Gasteiger partial charge in [0, 0.05) is 26.2 Å². The first-order valence-electron chi connectivity index (χ1n) is 7.83. The fourth-order valence-corrected chi connectivity index (χ4v) is 4.20. The van der Waals surface area contributed by atoms with Gasteiger partial charge in [-0.2, -0.15) is 0 Å². The topological polar surface area (TPSA) is 49.3 Å². The molecule has 1 aliphatic rings. The summed E-state index contributed by atoms with van der Waals surface area (Å²) < 4.78 is 14.8. The lowest BCUT2D eigenvalue weighted by Gasteiger charge is -2.34. The number of amides is 1. The first-order chi connectivity index (χ1) is 12.1. The van der Waals surface area contributed by atoms with Crippen molar-refractivity contribution in [2.75, 3.05) is 31.1 Å². The lowest BCUT2D eigenvalue weighted by atomic mass is 10.2. The van der Waals surface area contributed by atoms with Crippen LogP contribution in [0.4, 0.5) is 9.52 Å². The summed E-state index contributed by atoms with van der Waals surface area (Å²) in [6.45, 7) is 2.61. The number of rotatable bonds is 2. The van der Waals surface area contributed by atoms with E-state index in [1.54, 1.807) is 29.2 Å². The van der Waals surface area contributed by atoms with Crippen molar-refractivity contribution in [3.63, 3.8) is 0 Å². The smallest absolute Gasteiger partial charge is 0.272 e. The molecule has 0 saturated carbocycles. The van der Waals surface area contributed by atoms with E-state index in [2.05, 4.69) is 30.8 Å². The highest BCUT2D eigenvalue weighted by Gasteiger charge is 2.24. The van der Waals surface area contributed by atoms with Gasteiger partial charge in [0.05, 0.1) is 10.2 Å². The van der Waals surface area contributed by atoms with Crippen LogP contribution < -0.4 is 4.90 Å². The zero-order valence-electron chi connectivity index (χ0n) is 13.2. The number of piperazine rings is 1. The van der Waals surface area contributed by atoms with Gasteiger partial charge in [-0.25, -0.2) is 14.4 Å². The van der Waals surface area contributed by atoms with Crippen molar-refractivity contribution in [2.45, 2.75) is 0 Å². The number of carbonyl (C=O) groups excluding carboxylic acids is 1. The molecule has 1 aliphatic heterocycles. The molecule has 0 spiro atoms. The van der Waals surface area contributed by atoms with Gasteiger partial charge in [0.2, 0.25) is 0 Å². The molecule has 0 unspecified atom stereocenters. The van der Waals surface area contributed by atoms with E-state index in [0.29, 0.717) is 36.5 Å². The molecule has 1 fully saturated rings. The number of hydrogen-bond acceptors (Lipinski definition) is 5. The standard InChI is InChI=1S/C17H14BrFN4OS/c18-15-3-1-2-13(20-15)16(24)22-6-8-23(9-7-22)17-21-12-5-4-11(19)10-14(12)25-17/h1-5,10H,6-9H2. The molecular formula is C17H14BrFN4OS. The summed E-state index contributed by atoms with van der Waals surface area (Å²) in [6.07, 6.45) is 0. The maximum Gasteiger partial charge on any atom is 0.272 e. The summed E-state index contributed by atoms with van der Waals surface area (Å²) >= 11 is 4.77. The molecule has 25 heavy (non-hydrogen) atoms. The lowest BCUT2D eigenvalue weighted by molar-refractivity contribution is 0.0740. The molecule has 128 valence electrons. The van der Waals surface area contributed by atoms with Gasteiger partial charge in [-0.05, 0) is 46.3 Å². The number of aromatic nitrogens is 2. The number of benzene rings is 1. The number of fused-ring (bicyclic) bond motifs is 1. The SMILES string of the molecule is O=C(c1cccc(Br)n1)N1CCN(c2nc3ccc(F)cc3s2)CC1. The van der Waals surface area contributed by atoms with Crippen molar-refractivity contribution in [1.29, 1.82) is 0 Å². The Kier molecular flexibility index (Phi) is 4.39. The molecule has 5 nitrogen and oxygen atoms in total. The highest BCUT2D eigenvalue weighted by molar-refractivity contribution is 9.10. The summed E-state index contributed by atoms with van der Waals surface area (Å²) in [7, 11) is 0. The fourth-order valence-electron chi connectivity index (χ4n) is 2.81. The maximum atomic E-state index is 13.3. The number of nitrogens with zero attached hydrogens (tertiary/aromatic N) is 4. The predicted molar refractivity (Wildman–Crippen MR) is 99.6 cm³/mol. The minimum Gasteiger partial charge on any atom is -0.345 e. The molecule has 0 bridgehead atoms. The molecular weight excluding hydrogens is 407 g/mol. The van der Waals surface area contributed by atoms with Crippen molar-refractivity contribution in [3.8, 4) is 0 Å². The molecule has 1 saturated heterocycles. The Morgan fingerprint density at radius 3 is 2.68 bits per heavy atom. The van der Waals surface area contributed by atoms with Crippen LogP contribution in [-0.2, 0) is 0 Å². The quantitative estimate of drug-likeness (QED) is 0.594. The summed E-state index contributed by atoms with van der Waals surface area (Å²) in [4.78, 5) is 25.3. The lowest BCUT2D eigenvalue weighted by Crippen LogP contribution is -2.49. The molecule has 0 N–H and O–H groups in total. The molecule has 4 rings (SSSR count). The van der Waals surface area contributed by atoms with Crippen molar-refractivity contribution in [2.24, 2.45) is 0 Å². The van der Waals surface area contributed by atoms with E-state index in [-0.39, 0.29) is 11.7 Å². The summed E-state index contributed by atoms with van der Waals surface area (Å²) in [6, 6.07) is 9.96. The van der Waals surface area contributed by atoms with Crippen molar-refractivity contribution >= 4 is 48.5 Å². The zero-order chi connectivity index (χ0) is 17.4. The molecule has 1 amide bonds. The molecule has 2 aromatic heterocycles. The van der Waals surface area contributed by atoms with Gasteiger partial charge < -0.3 is 9.80 Å². The fraction of sp³-hybridized carbons (Fsp3) is 0.235. The second-order valence-corrected chi connectivity index (χ2v) is 7.55. The average molecular weight is 421 g/mol. The summed E-state index contributed by atoms with van der Waals surface area (Å²) in [5.74, 6) is -0.313. The zero-order valence-corrected chi connectivity index (χ0v) is 15.6. The van der Waals surface area contributed by atoms with Crippen LogP contribution in [0.1, 0.15) is 10.5 Å². The second kappa shape index (κ2) is 6.68. The number of thiazole rings is 1. The Morgan fingerprint density at radius 1 is 1.12 bits per heavy atom. The Hall–Kier alpha value is -2.06. The van der Waals surface area contributed by atoms with E-state index < -0.39 is 0 Å². The van der Waals surface area contributed by atoms with Crippen molar-refractivity contribution < 1.29 is 9.18 Å². The van der Waals surface area contributed by atoms with Gasteiger partial charge in [-0.15, -0.1) is 0 Å². The third kappa shape index (κ3) is 3.36. The Balaban J connectivity index is 1.46. The van der Waals surface area contributed by atoms with Crippen LogP contribution in [0.2, 0.25) is 0 Å². The van der Waals surface area contributed by atoms with Gasteiger partial charge in [0.1, 0.15) is 16.1 Å². The largest absolute Gasteiger partial charge is 0.345 e. The van der Waals surface area contributed by atoms with Gasteiger partial charge in [-0.3, -0.25) is 4.79 Å². The van der Waals surface area contributed by atoms with E-state index in [1.165, 1.54) is 23.5 Å². The summed E-state index contributed by atoms with van der Waals surface area (Å²) in [5, 5.41) is 0.869. The van der Waals surface area contributed by atoms with Crippen LogP contribution in [-0.4, -0.2) is 47.0 Å². The van der Waals surface area contributed by atoms with Crippen LogP contribution in [0.25, 0.3) is 10.2 Å². The monoisotopic (exact) mass is 420 g/mol. The van der Waals surface area contributed by atoms with E-state index in [4.69, 9.17) is 0 Å². The maximum absolute atomic E-state index is 13.3. The molecule has 3 heterocycles. The first kappa shape index (κ1) is 16.4. The van der Waals surface area contributed by atoms with Crippen LogP contribution in [0, 0.1) is 5.82 Å². The Labute approximate surface area is 156 Å². The molecule has 1 aromatic carbocycles. The van der Waals surface area contributed by atoms with Crippen LogP contribution in [0.5, 0.6) is 0 Å². The normalized spacial score (nSPS) is 15.0. The second-order valence-electron chi connectivity index (χ2n) is 5.73. The molecule has 3 aromatic rings. The number of hydrogen-bond donors (Lipinski definition) is 0. The Bertz CT molecular complexity index is 939. The highest BCUT2D eigenvalue weighted by Crippen LogP contribution is 2.30. The van der Waals surface area contributed by atoms with Crippen LogP contribution >= 0.6 is 27.3 Å². The number of pyridine rings is 1. The number of halogens is 2. The molecule has 0 radical (unpaired) electrons. The van der Waals surface area contributed by atoms with E-state index in [1.807, 2.05) is 0 Å². The number of carbonyl (C=O) groups is 1. The van der Waals surface area contributed by atoms with Crippen LogP contribution in [0.3, 0.4) is 0 Å². The van der Waals surface area contributed by atoms with Crippen molar-refractivity contribution in [1.82, 2.24) is 14.9 Å². The van der Waals surface area contributed by atoms with E-state index in [0.717, 1.165) is 15.3 Å². The van der Waals surface area contributed by atoms with Crippen LogP contribution in [0.15, 0.2) is 41.0 Å².